The van der Waals surface area contributed by atoms with Gasteiger partial charge in [-0.1, -0.05) is 19.1 Å². The number of halogens is 1. The number of hydrogen-bond donors (Lipinski definition) is 2. The van der Waals surface area contributed by atoms with Crippen LogP contribution in [0.1, 0.15) is 71.3 Å². The molecule has 1 aromatic rings. The molecule has 2 N–H and O–H groups in total. The summed E-state index contributed by atoms with van der Waals surface area (Å²) < 4.78 is 18.4. The van der Waals surface area contributed by atoms with Gasteiger partial charge in [0.1, 0.15) is 12.4 Å². The van der Waals surface area contributed by atoms with Crippen molar-refractivity contribution in [2.45, 2.75) is 76.7 Å². The SMILES string of the molecule is CC/C(=C\F)COc1ccc(C23CCC(C(=O)NC(C)(C)CO)(CC2)CC3)cc1. The summed E-state index contributed by atoms with van der Waals surface area (Å²) in [5, 5.41) is 12.5. The van der Waals surface area contributed by atoms with E-state index in [-0.39, 0.29) is 30.0 Å². The molecule has 3 saturated carbocycles. The number of nitrogens with one attached hydrogen (secondary N) is 1. The average molecular weight is 404 g/mol. The number of carbonyl (C=O) groups is 1. The zero-order chi connectivity index (χ0) is 21.1. The van der Waals surface area contributed by atoms with Gasteiger partial charge in [-0.25, -0.2) is 4.39 Å². The highest BCUT2D eigenvalue weighted by molar-refractivity contribution is 5.83. The van der Waals surface area contributed by atoms with E-state index in [1.54, 1.807) is 0 Å². The topological polar surface area (TPSA) is 58.6 Å². The number of ether oxygens (including phenoxy) is 1. The minimum Gasteiger partial charge on any atom is -0.489 e. The largest absolute Gasteiger partial charge is 0.489 e. The summed E-state index contributed by atoms with van der Waals surface area (Å²) in [5.74, 6) is 0.853. The van der Waals surface area contributed by atoms with Crippen LogP contribution in [0, 0.1) is 5.41 Å². The van der Waals surface area contributed by atoms with Crippen molar-refractivity contribution in [1.82, 2.24) is 5.32 Å². The molecule has 160 valence electrons. The summed E-state index contributed by atoms with van der Waals surface area (Å²) in [6.07, 6.45) is 6.95. The predicted molar refractivity (Wildman–Crippen MR) is 113 cm³/mol. The van der Waals surface area contributed by atoms with E-state index in [4.69, 9.17) is 4.74 Å². The molecule has 0 heterocycles. The van der Waals surface area contributed by atoms with E-state index in [2.05, 4.69) is 17.4 Å². The third-order valence-corrected chi connectivity index (χ3v) is 7.07. The first-order valence-electron chi connectivity index (χ1n) is 10.7. The van der Waals surface area contributed by atoms with E-state index in [1.165, 1.54) is 5.56 Å². The van der Waals surface area contributed by atoms with Gasteiger partial charge in [0.15, 0.2) is 0 Å². The van der Waals surface area contributed by atoms with Crippen LogP contribution in [0.5, 0.6) is 5.75 Å². The molecule has 29 heavy (non-hydrogen) atoms. The summed E-state index contributed by atoms with van der Waals surface area (Å²) in [6.45, 7) is 5.84. The van der Waals surface area contributed by atoms with Gasteiger partial charge in [-0.05, 0) is 87.5 Å². The highest BCUT2D eigenvalue weighted by Crippen LogP contribution is 2.58. The Morgan fingerprint density at radius 1 is 1.17 bits per heavy atom. The van der Waals surface area contributed by atoms with Gasteiger partial charge in [0.2, 0.25) is 5.91 Å². The first-order chi connectivity index (χ1) is 13.8. The van der Waals surface area contributed by atoms with Crippen molar-refractivity contribution in [3.05, 3.63) is 41.7 Å². The van der Waals surface area contributed by atoms with Crippen LogP contribution in [0.2, 0.25) is 0 Å². The highest BCUT2D eigenvalue weighted by atomic mass is 19.1. The van der Waals surface area contributed by atoms with Crippen molar-refractivity contribution in [2.24, 2.45) is 5.41 Å². The van der Waals surface area contributed by atoms with Crippen LogP contribution in [-0.2, 0) is 10.2 Å². The van der Waals surface area contributed by atoms with Crippen LogP contribution in [0.25, 0.3) is 0 Å². The van der Waals surface area contributed by atoms with E-state index in [0.29, 0.717) is 18.3 Å². The maximum atomic E-state index is 12.9. The second-order valence-electron chi connectivity index (χ2n) is 9.49. The Kier molecular flexibility index (Phi) is 6.37. The molecular weight excluding hydrogens is 369 g/mol. The number of amides is 1. The van der Waals surface area contributed by atoms with Crippen molar-refractivity contribution < 1.29 is 19.0 Å². The maximum absolute atomic E-state index is 12.9. The van der Waals surface area contributed by atoms with Crippen molar-refractivity contribution in [3.8, 4) is 5.75 Å². The fourth-order valence-electron chi connectivity index (χ4n) is 4.73. The Morgan fingerprint density at radius 2 is 1.76 bits per heavy atom. The molecule has 0 atom stereocenters. The lowest BCUT2D eigenvalue weighted by Crippen LogP contribution is -2.56. The van der Waals surface area contributed by atoms with E-state index < -0.39 is 5.54 Å². The molecule has 2 bridgehead atoms. The summed E-state index contributed by atoms with van der Waals surface area (Å²) in [5.41, 5.74) is 1.23. The lowest BCUT2D eigenvalue weighted by molar-refractivity contribution is -0.140. The number of rotatable bonds is 8. The van der Waals surface area contributed by atoms with Gasteiger partial charge in [-0.3, -0.25) is 4.79 Å². The quantitative estimate of drug-likeness (QED) is 0.655. The second kappa shape index (κ2) is 8.47. The van der Waals surface area contributed by atoms with Crippen LogP contribution in [-0.4, -0.2) is 29.8 Å². The van der Waals surface area contributed by atoms with E-state index in [9.17, 15) is 14.3 Å². The Bertz CT molecular complexity index is 729. The van der Waals surface area contributed by atoms with Gasteiger partial charge in [0, 0.05) is 5.41 Å². The molecule has 0 aromatic heterocycles. The molecule has 0 unspecified atom stereocenters. The van der Waals surface area contributed by atoms with Crippen molar-refractivity contribution in [3.63, 3.8) is 0 Å². The highest BCUT2D eigenvalue weighted by Gasteiger charge is 2.53. The van der Waals surface area contributed by atoms with Crippen LogP contribution in [0.4, 0.5) is 4.39 Å². The molecule has 3 aliphatic rings. The smallest absolute Gasteiger partial charge is 0.226 e. The van der Waals surface area contributed by atoms with Crippen LogP contribution < -0.4 is 10.1 Å². The van der Waals surface area contributed by atoms with Gasteiger partial charge >= 0.3 is 0 Å². The Hall–Kier alpha value is -1.88. The lowest BCUT2D eigenvalue weighted by Gasteiger charge is -2.53. The average Bonchev–Trinajstić information content (AvgIpc) is 2.76. The van der Waals surface area contributed by atoms with Gasteiger partial charge < -0.3 is 15.2 Å². The first-order valence-corrected chi connectivity index (χ1v) is 10.7. The number of hydrogen-bond acceptors (Lipinski definition) is 3. The fraction of sp³-hybridized carbons (Fsp3) is 0.625. The Labute approximate surface area is 173 Å². The van der Waals surface area contributed by atoms with Gasteiger partial charge in [-0.2, -0.15) is 0 Å². The monoisotopic (exact) mass is 403 g/mol. The number of aliphatic hydroxyl groups is 1. The Morgan fingerprint density at radius 3 is 2.24 bits per heavy atom. The molecule has 4 nitrogen and oxygen atoms in total. The number of fused-ring (bicyclic) bond motifs is 3. The third-order valence-electron chi connectivity index (χ3n) is 7.07. The zero-order valence-electron chi connectivity index (χ0n) is 17.9. The van der Waals surface area contributed by atoms with Crippen LogP contribution >= 0.6 is 0 Å². The number of carbonyl (C=O) groups excluding carboxylic acids is 1. The zero-order valence-corrected chi connectivity index (χ0v) is 17.9. The van der Waals surface area contributed by atoms with Crippen molar-refractivity contribution in [1.29, 1.82) is 0 Å². The van der Waals surface area contributed by atoms with Crippen molar-refractivity contribution in [2.75, 3.05) is 13.2 Å². The molecule has 1 amide bonds. The minimum atomic E-state index is -0.581. The fourth-order valence-corrected chi connectivity index (χ4v) is 4.73. The third kappa shape index (κ3) is 4.50. The van der Waals surface area contributed by atoms with Gasteiger partial charge in [-0.15, -0.1) is 0 Å². The van der Waals surface area contributed by atoms with E-state index >= 15 is 0 Å². The van der Waals surface area contributed by atoms with E-state index in [0.717, 1.165) is 44.3 Å². The number of aliphatic hydroxyl groups excluding tert-OH is 1. The lowest BCUT2D eigenvalue weighted by atomic mass is 9.51. The molecule has 0 radical (unpaired) electrons. The molecule has 0 spiro atoms. The minimum absolute atomic E-state index is 0.0615. The summed E-state index contributed by atoms with van der Waals surface area (Å²) >= 11 is 0. The predicted octanol–water partition coefficient (Wildman–Crippen LogP) is 4.81. The molecule has 5 heteroatoms. The summed E-state index contributed by atoms with van der Waals surface area (Å²) in [4.78, 5) is 12.9. The normalized spacial score (nSPS) is 27.0. The summed E-state index contributed by atoms with van der Waals surface area (Å²) in [7, 11) is 0. The molecule has 3 fully saturated rings. The molecule has 4 rings (SSSR count). The van der Waals surface area contributed by atoms with Gasteiger partial charge in [0.25, 0.3) is 0 Å². The van der Waals surface area contributed by atoms with Gasteiger partial charge in [0.05, 0.1) is 18.5 Å². The molecule has 1 aromatic carbocycles. The van der Waals surface area contributed by atoms with Crippen LogP contribution in [0.15, 0.2) is 36.2 Å². The Balaban J connectivity index is 1.64. The van der Waals surface area contributed by atoms with Crippen LogP contribution in [0.3, 0.4) is 0 Å². The molecule has 3 aliphatic carbocycles. The standard InChI is InChI=1S/C24H34FNO3/c1-4-18(15-25)16-29-20-7-5-19(6-8-20)23-9-12-24(13-10-23,14-11-23)21(28)26-22(2,3)17-27/h5-8,15,27H,4,9-14,16-17H2,1-3H3,(H,26,28)/b18-15+. The summed E-state index contributed by atoms with van der Waals surface area (Å²) in [6, 6.07) is 8.21. The molecular formula is C24H34FNO3. The van der Waals surface area contributed by atoms with E-state index in [1.807, 2.05) is 32.9 Å². The van der Waals surface area contributed by atoms with Crippen molar-refractivity contribution >= 4 is 5.91 Å². The second-order valence-corrected chi connectivity index (χ2v) is 9.49. The first kappa shape index (κ1) is 21.8. The maximum Gasteiger partial charge on any atom is 0.226 e. The molecule has 0 aliphatic heterocycles. The number of benzene rings is 1. The molecule has 0 saturated heterocycles.